The second-order valence-corrected chi connectivity index (χ2v) is 41.3. The van der Waals surface area contributed by atoms with Gasteiger partial charge in [-0.15, -0.1) is 0 Å². The molecule has 13 aromatic carbocycles. The second-order valence-electron chi connectivity index (χ2n) is 32.4. The van der Waals surface area contributed by atoms with Crippen LogP contribution in [0.4, 0.5) is 66.5 Å². The highest BCUT2D eigenvalue weighted by Crippen LogP contribution is 2.44. The highest BCUT2D eigenvalue weighted by Gasteiger charge is 2.32. The van der Waals surface area contributed by atoms with Crippen LogP contribution in [0.3, 0.4) is 0 Å². The molecule has 23 nitrogen and oxygen atoms in total. The monoisotopic (exact) mass is 2250 g/mol. The molecule has 18 rings (SSSR count). The molecule has 6 amide bonds. The third kappa shape index (κ3) is 26.1. The van der Waals surface area contributed by atoms with Crippen LogP contribution in [0.1, 0.15) is 67.6 Å². The molecule has 5 heterocycles. The summed E-state index contributed by atoms with van der Waals surface area (Å²) >= 11 is 21.3. The number of rotatable bonds is 18. The van der Waals surface area contributed by atoms with E-state index in [1.54, 1.807) is 43.5 Å². The lowest BCUT2D eigenvalue weighted by Gasteiger charge is -2.29. The summed E-state index contributed by atoms with van der Waals surface area (Å²) < 4.78 is 74.9. The van der Waals surface area contributed by atoms with Gasteiger partial charge in [0.1, 0.15) is 31.9 Å². The number of methoxy groups -OCH3 is 3. The van der Waals surface area contributed by atoms with Crippen molar-refractivity contribution in [1.29, 1.82) is 0 Å². The number of ether oxygens (including phenoxy) is 3. The van der Waals surface area contributed by atoms with Gasteiger partial charge in [-0.05, 0) is 308 Å². The minimum absolute atomic E-state index is 0.0262. The van der Waals surface area contributed by atoms with Crippen molar-refractivity contribution in [1.82, 2.24) is 20.1 Å². The minimum Gasteiger partial charge on any atom is -0.497 e. The molecule has 0 bridgehead atoms. The number of carbonyl (C=O) groups excluding carboxylic acids is 6. The quantitative estimate of drug-likeness (QED) is 0.0533. The van der Waals surface area contributed by atoms with Crippen molar-refractivity contribution in [2.75, 3.05) is 78.6 Å². The van der Waals surface area contributed by atoms with Crippen LogP contribution in [0.25, 0.3) is 0 Å². The van der Waals surface area contributed by atoms with Crippen molar-refractivity contribution in [3.05, 3.63) is 379 Å². The number of amides is 6. The summed E-state index contributed by atoms with van der Waals surface area (Å²) in [6.07, 6.45) is 8.47. The number of β-amino-alcohol motifs (C(OH)–C–C–N with tert-alkyl or cyclic N) is 1. The molecule has 0 aromatic heterocycles. The summed E-state index contributed by atoms with van der Waals surface area (Å²) in [5.74, 6) is -1.13. The molecule has 13 aromatic rings. The van der Waals surface area contributed by atoms with Gasteiger partial charge < -0.3 is 43.8 Å². The van der Waals surface area contributed by atoms with Gasteiger partial charge in [-0.2, -0.15) is 0 Å². The Bertz CT molecular complexity index is 6550. The number of carbonyl (C=O) groups is 6. The van der Waals surface area contributed by atoms with Gasteiger partial charge in [-0.3, -0.25) is 29.8 Å². The van der Waals surface area contributed by atoms with Crippen molar-refractivity contribution in [3.8, 4) is 5.75 Å². The van der Waals surface area contributed by atoms with E-state index >= 15 is 0 Å². The maximum atomic E-state index is 12.8. The van der Waals surface area contributed by atoms with Crippen LogP contribution < -0.4 is 49.3 Å². The molecular weight excluding hydrogens is 2150 g/mol. The third-order valence-corrected chi connectivity index (χ3v) is 29.1. The predicted octanol–water partition coefficient (Wildman–Crippen LogP) is 22.0. The number of anilines is 10. The van der Waals surface area contributed by atoms with Crippen LogP contribution in [0.15, 0.2) is 328 Å². The summed E-state index contributed by atoms with van der Waals surface area (Å²) in [6, 6.07) is 92.5. The average Bonchev–Trinajstić information content (AvgIpc) is 1.62. The largest absolute Gasteiger partial charge is 0.497 e. The lowest BCUT2D eigenvalue weighted by molar-refractivity contribution is -0.119. The van der Waals surface area contributed by atoms with E-state index in [0.717, 1.165) is 182 Å². The van der Waals surface area contributed by atoms with E-state index in [1.807, 2.05) is 183 Å². The van der Waals surface area contributed by atoms with Gasteiger partial charge >= 0.3 is 12.2 Å². The Balaban J connectivity index is 0.000000136. The van der Waals surface area contributed by atoms with E-state index in [4.69, 9.17) is 4.74 Å². The molecule has 5 N–H and O–H groups in total. The second kappa shape index (κ2) is 46.8. The van der Waals surface area contributed by atoms with E-state index in [1.165, 1.54) is 77.7 Å². The number of aryl methyl sites for hydroxylation is 11. The van der Waals surface area contributed by atoms with Crippen LogP contribution in [0, 0.1) is 0 Å². The number of imide groups is 2. The van der Waals surface area contributed by atoms with Gasteiger partial charge in [-0.25, -0.2) is 35.9 Å². The highest BCUT2D eigenvalue weighted by atomic mass is 79.9. The molecule has 0 fully saturated rings. The maximum absolute atomic E-state index is 12.8. The molecular formula is C105H97Br6N9O14S2. The molecule has 0 aliphatic carbocycles. The first-order chi connectivity index (χ1) is 65.6. The summed E-state index contributed by atoms with van der Waals surface area (Å²) in [5, 5.41) is 15.4. The number of fused-ring (bicyclic) bond motifs is 10. The number of hydrogen-bond acceptors (Lipinski definition) is 19. The van der Waals surface area contributed by atoms with Crippen molar-refractivity contribution >= 4 is 208 Å². The number of nitrogens with one attached hydrogen (secondary N) is 4. The van der Waals surface area contributed by atoms with Crippen molar-refractivity contribution in [2.24, 2.45) is 0 Å². The zero-order valence-corrected chi connectivity index (χ0v) is 85.5. The maximum Gasteiger partial charge on any atom is 0.413 e. The van der Waals surface area contributed by atoms with Gasteiger partial charge in [-0.1, -0.05) is 217 Å². The number of aliphatic hydroxyl groups is 1. The van der Waals surface area contributed by atoms with Crippen molar-refractivity contribution in [3.63, 3.8) is 0 Å². The van der Waals surface area contributed by atoms with Crippen molar-refractivity contribution in [2.45, 2.75) is 92.9 Å². The first-order valence-corrected chi connectivity index (χ1v) is 51.5. The molecule has 5 aliphatic heterocycles. The molecule has 0 spiro atoms. The number of hydrogen-bond donors (Lipinski definition) is 5. The third-order valence-electron chi connectivity index (χ3n) is 23.4. The van der Waals surface area contributed by atoms with Gasteiger partial charge in [0.2, 0.25) is 11.8 Å². The fraction of sp³-hybridized carbons (Fsp3) is 0.200. The Morgan fingerprint density at radius 1 is 0.309 bits per heavy atom. The van der Waals surface area contributed by atoms with Crippen molar-refractivity contribution < 1.29 is 64.9 Å². The lowest BCUT2D eigenvalue weighted by Crippen LogP contribution is -2.38. The summed E-state index contributed by atoms with van der Waals surface area (Å²) in [7, 11) is -3.68. The molecule has 700 valence electrons. The Labute approximate surface area is 842 Å². The number of para-hydroxylation sites is 4. The summed E-state index contributed by atoms with van der Waals surface area (Å²) in [5.41, 5.74) is 22.8. The molecule has 0 saturated heterocycles. The topological polar surface area (TPSA) is 283 Å². The molecule has 136 heavy (non-hydrogen) atoms. The van der Waals surface area contributed by atoms with Gasteiger partial charge in [0.05, 0.1) is 37.2 Å². The standard InChI is InChI=1S/C25H25Br2NO2.C22H18Br2N2O3S.C22H20N2O3S.C18H16Br2N2O3.C18H18N2O3/c1-30-23-4-2-3-17(13-23)5-10-22(29)16-28-24-11-8-20(26)14-18(24)6-7-19-15-21(27)9-12-25(19)28;23-17-8-10-20-15(12-17)6-7-16-13-18(24)9-11-21(16)26(20)14-22(27)25-30(28,29)19-4-2-1-3-5-19;25-22(23-28(26,27)19-10-2-1-3-11-19)16-24-20-12-6-4-8-17(20)14-15-18-9-5-7-13-21(18)24;1-25-18(24)21-17(23)10-22-15-6-4-13(19)8-11(15)2-3-12-9-14(20)5-7-16(12)22;1-23-18(22)19-17(21)12-20-15-8-4-2-6-13(15)10-11-14-7-3-5-9-16(14)20/h2-4,8-9,11-15,22,29H,5-7,10,16H2,1H3;1-5,8-13H,6-7,14H2,(H,25,27);1-13H,14-16H2,(H,23,25);4-9H,2-3,10H2,1H3,(H,21,23,24);2-9H,10-12H2,1H3,(H,19,21,22). The Morgan fingerprint density at radius 3 is 0.853 bits per heavy atom. The first kappa shape index (κ1) is 100. The Hall–Kier alpha value is -11.8. The Kier molecular flexibility index (Phi) is 34.5. The van der Waals surface area contributed by atoms with E-state index in [-0.39, 0.29) is 36.0 Å². The van der Waals surface area contributed by atoms with Crippen LogP contribution in [-0.2, 0) is 119 Å². The fourth-order valence-electron chi connectivity index (χ4n) is 17.0. The van der Waals surface area contributed by atoms with E-state index in [2.05, 4.69) is 197 Å². The smallest absolute Gasteiger partial charge is 0.413 e. The molecule has 1 unspecified atom stereocenters. The fourth-order valence-corrected chi connectivity index (χ4v) is 21.5. The van der Waals surface area contributed by atoms with Crippen LogP contribution in [0.5, 0.6) is 5.75 Å². The predicted molar refractivity (Wildman–Crippen MR) is 555 cm³/mol. The number of halogens is 6. The Morgan fingerprint density at radius 2 is 0.566 bits per heavy atom. The van der Waals surface area contributed by atoms with E-state index in [0.29, 0.717) is 13.0 Å². The number of benzene rings is 13. The SMILES string of the molecule is COC(=O)NC(=O)CN1c2ccc(Br)cc2CCc2cc(Br)ccc21.COC(=O)NC(=O)CN1c2ccccc2CCc2ccccc21.COc1cccc(CCC(O)CN2c3ccc(Br)cc3CCc3cc(Br)ccc32)c1.O=C(CN1c2ccc(Br)cc2CCc2cc(Br)ccc21)NS(=O)(=O)c1ccccc1.O=C(CN1c2ccccc2CCc2ccccc21)NS(=O)(=O)c1ccccc1. The lowest BCUT2D eigenvalue weighted by atomic mass is 10.0. The van der Waals surface area contributed by atoms with Crippen LogP contribution in [0.2, 0.25) is 0 Å². The number of sulfonamides is 2. The average molecular weight is 2250 g/mol. The number of aliphatic hydroxyl groups excluding tert-OH is 1. The molecule has 31 heteroatoms. The normalized spacial score (nSPS) is 13.2. The zero-order valence-electron chi connectivity index (χ0n) is 74.4. The number of alkyl carbamates (subject to hydrolysis) is 2. The molecule has 0 radical (unpaired) electrons. The van der Waals surface area contributed by atoms with E-state index < -0.39 is 62.0 Å². The highest BCUT2D eigenvalue weighted by molar-refractivity contribution is 9.11. The first-order valence-electron chi connectivity index (χ1n) is 43.8. The van der Waals surface area contributed by atoms with Crippen LogP contribution in [-0.4, -0.2) is 118 Å². The summed E-state index contributed by atoms with van der Waals surface area (Å²) in [4.78, 5) is 82.6. The van der Waals surface area contributed by atoms with Gasteiger partial charge in [0.15, 0.2) is 0 Å². The minimum atomic E-state index is -3.93. The van der Waals surface area contributed by atoms with Crippen LogP contribution >= 0.6 is 95.6 Å². The number of nitrogens with zero attached hydrogens (tertiary/aromatic N) is 5. The zero-order chi connectivity index (χ0) is 96.2. The molecule has 0 saturated carbocycles. The molecule has 5 aliphatic rings. The van der Waals surface area contributed by atoms with Gasteiger partial charge in [0, 0.05) is 90.3 Å². The summed E-state index contributed by atoms with van der Waals surface area (Å²) in [6.45, 7) is 0.449. The molecule has 1 atom stereocenters. The van der Waals surface area contributed by atoms with E-state index in [9.17, 15) is 50.7 Å². The van der Waals surface area contributed by atoms with Gasteiger partial charge in [0.25, 0.3) is 31.9 Å².